The average Bonchev–Trinajstić information content (AvgIpc) is 2.88. The molecule has 3 rings (SSSR count). The van der Waals surface area contributed by atoms with Crippen molar-refractivity contribution in [1.29, 1.82) is 0 Å². The summed E-state index contributed by atoms with van der Waals surface area (Å²) in [6, 6.07) is 9.40. The highest BCUT2D eigenvalue weighted by Gasteiger charge is 2.37. The van der Waals surface area contributed by atoms with Crippen molar-refractivity contribution in [3.05, 3.63) is 87.9 Å². The first-order chi connectivity index (χ1) is 19.4. The number of halogens is 10. The summed E-state index contributed by atoms with van der Waals surface area (Å²) in [7, 11) is 0. The smallest absolute Gasteiger partial charge is 0.345 e. The van der Waals surface area contributed by atoms with Crippen LogP contribution in [0.25, 0.3) is 16.3 Å². The fourth-order valence-electron chi connectivity index (χ4n) is 3.87. The van der Waals surface area contributed by atoms with Gasteiger partial charge in [-0.1, -0.05) is 41.9 Å². The first-order valence-electron chi connectivity index (χ1n) is 11.7. The van der Waals surface area contributed by atoms with Gasteiger partial charge in [0.15, 0.2) is 5.78 Å². The molecular weight excluding hydrogens is 607 g/mol. The molecule has 15 heteroatoms. The Labute approximate surface area is 236 Å². The number of carbonyl (C=O) groups is 3. The number of hydrogen-bond donors (Lipinski definition) is 2. The largest absolute Gasteiger partial charge is 0.416 e. The van der Waals surface area contributed by atoms with Crippen molar-refractivity contribution in [2.45, 2.75) is 24.9 Å². The molecule has 0 aliphatic rings. The summed E-state index contributed by atoms with van der Waals surface area (Å²) in [5.41, 5.74) is -4.04. The number of allylic oxidation sites excluding steroid dienone is 2. The van der Waals surface area contributed by atoms with Crippen LogP contribution in [0.4, 0.5) is 39.5 Å². The quantitative estimate of drug-likeness (QED) is 0.207. The molecule has 0 aliphatic heterocycles. The van der Waals surface area contributed by atoms with Crippen molar-refractivity contribution in [3.63, 3.8) is 0 Å². The van der Waals surface area contributed by atoms with Crippen molar-refractivity contribution in [1.82, 2.24) is 10.6 Å². The summed E-state index contributed by atoms with van der Waals surface area (Å²) in [6.45, 7) is -2.40. The Morgan fingerprint density at radius 3 is 1.95 bits per heavy atom. The lowest BCUT2D eigenvalue weighted by molar-refractivity contribution is -0.137. The van der Waals surface area contributed by atoms with E-state index in [1.165, 1.54) is 24.3 Å². The monoisotopic (exact) mass is 624 g/mol. The third-order valence-corrected chi connectivity index (χ3v) is 5.92. The third kappa shape index (κ3) is 8.47. The summed E-state index contributed by atoms with van der Waals surface area (Å²) in [4.78, 5) is 37.2. The van der Waals surface area contributed by atoms with E-state index in [9.17, 15) is 53.9 Å². The van der Waals surface area contributed by atoms with E-state index >= 15 is 0 Å². The van der Waals surface area contributed by atoms with Crippen LogP contribution in [0.1, 0.15) is 38.3 Å². The van der Waals surface area contributed by atoms with Gasteiger partial charge in [-0.05, 0) is 46.7 Å². The Balaban J connectivity index is 1.89. The van der Waals surface area contributed by atoms with Gasteiger partial charge in [-0.3, -0.25) is 14.4 Å². The Morgan fingerprint density at radius 1 is 0.786 bits per heavy atom. The minimum absolute atomic E-state index is 0.0871. The van der Waals surface area contributed by atoms with Gasteiger partial charge in [-0.25, -0.2) is 0 Å². The van der Waals surface area contributed by atoms with Gasteiger partial charge in [0, 0.05) is 22.6 Å². The van der Waals surface area contributed by atoms with Crippen LogP contribution in [0.2, 0.25) is 5.02 Å². The summed E-state index contributed by atoms with van der Waals surface area (Å²) >= 11 is 5.63. The SMILES string of the molecule is O=C(CNC(=O)c1ccc(C(=O)C/C=C(/c2cc(Cl)cc(C(F)(F)F)c2)C(F)(F)F)c2ccccc12)NCC(F)(F)F. The molecule has 0 saturated carbocycles. The maximum Gasteiger partial charge on any atom is 0.416 e. The van der Waals surface area contributed by atoms with Crippen LogP contribution in [0, 0.1) is 0 Å². The van der Waals surface area contributed by atoms with Crippen LogP contribution < -0.4 is 10.6 Å². The molecule has 0 radical (unpaired) electrons. The number of ketones is 1. The van der Waals surface area contributed by atoms with Gasteiger partial charge in [-0.2, -0.15) is 39.5 Å². The standard InChI is InChI=1S/C27H18ClF9N2O3/c28-16-10-14(9-15(11-16)26(32,33)34)21(27(35,36)37)7-8-22(40)19-5-6-20(18-4-2-1-3-17(18)19)24(42)38-12-23(41)39-13-25(29,30)31/h1-7,9-11H,8,12-13H2,(H,38,42)(H,39,41)/b21-7-. The van der Waals surface area contributed by atoms with Crippen molar-refractivity contribution in [2.24, 2.45) is 0 Å². The normalized spacial score (nSPS) is 12.8. The molecule has 0 spiro atoms. The van der Waals surface area contributed by atoms with Gasteiger partial charge in [0.05, 0.1) is 17.7 Å². The lowest BCUT2D eigenvalue weighted by Gasteiger charge is -2.15. The van der Waals surface area contributed by atoms with E-state index in [1.807, 2.05) is 0 Å². The molecule has 0 saturated heterocycles. The van der Waals surface area contributed by atoms with Crippen LogP contribution in [-0.4, -0.2) is 43.0 Å². The van der Waals surface area contributed by atoms with Crippen molar-refractivity contribution in [2.75, 3.05) is 13.1 Å². The molecule has 224 valence electrons. The fraction of sp³-hybridized carbons (Fsp3) is 0.222. The van der Waals surface area contributed by atoms with E-state index < -0.39 is 77.4 Å². The molecule has 3 aromatic rings. The Kier molecular flexibility index (Phi) is 9.60. The van der Waals surface area contributed by atoms with E-state index in [2.05, 4.69) is 5.32 Å². The topological polar surface area (TPSA) is 75.3 Å². The third-order valence-electron chi connectivity index (χ3n) is 5.70. The summed E-state index contributed by atoms with van der Waals surface area (Å²) in [5.74, 6) is -2.87. The molecule has 0 aromatic heterocycles. The van der Waals surface area contributed by atoms with Crippen LogP contribution in [0.15, 0.2) is 60.7 Å². The second kappa shape index (κ2) is 12.4. The highest BCUT2D eigenvalue weighted by Crippen LogP contribution is 2.39. The maximum atomic E-state index is 13.8. The second-order valence-electron chi connectivity index (χ2n) is 8.75. The van der Waals surface area contributed by atoms with Crippen molar-refractivity contribution < 1.29 is 53.9 Å². The zero-order valence-corrected chi connectivity index (χ0v) is 21.7. The van der Waals surface area contributed by atoms with Gasteiger partial charge >= 0.3 is 18.5 Å². The molecule has 0 bridgehead atoms. The van der Waals surface area contributed by atoms with Gasteiger partial charge in [-0.15, -0.1) is 0 Å². The molecule has 0 heterocycles. The Hall–Kier alpha value is -4.07. The minimum atomic E-state index is -5.15. The molecule has 3 aromatic carbocycles. The number of amides is 2. The van der Waals surface area contributed by atoms with Crippen molar-refractivity contribution >= 4 is 45.5 Å². The number of fused-ring (bicyclic) bond motifs is 1. The molecular formula is C27H18ClF9N2O3. The number of hydrogen-bond acceptors (Lipinski definition) is 3. The van der Waals surface area contributed by atoms with Gasteiger partial charge < -0.3 is 10.6 Å². The molecule has 5 nitrogen and oxygen atoms in total. The number of benzene rings is 3. The predicted octanol–water partition coefficient (Wildman–Crippen LogP) is 7.14. The second-order valence-corrected chi connectivity index (χ2v) is 9.19. The maximum absolute atomic E-state index is 13.8. The predicted molar refractivity (Wildman–Crippen MR) is 135 cm³/mol. The molecule has 0 unspecified atom stereocenters. The van der Waals surface area contributed by atoms with Crippen LogP contribution in [0.5, 0.6) is 0 Å². The molecule has 0 fully saturated rings. The average molecular weight is 625 g/mol. The first-order valence-corrected chi connectivity index (χ1v) is 12.1. The number of alkyl halides is 9. The Bertz CT molecular complexity index is 1540. The Morgan fingerprint density at radius 2 is 1.38 bits per heavy atom. The first kappa shape index (κ1) is 32.4. The number of nitrogens with one attached hydrogen (secondary N) is 2. The lowest BCUT2D eigenvalue weighted by atomic mass is 9.94. The molecule has 0 atom stereocenters. The molecule has 2 N–H and O–H groups in total. The van der Waals surface area contributed by atoms with Crippen molar-refractivity contribution in [3.8, 4) is 0 Å². The molecule has 42 heavy (non-hydrogen) atoms. The fourth-order valence-corrected chi connectivity index (χ4v) is 4.10. The number of Topliss-reactive ketones (excluding diaryl/α,β-unsaturated/α-hetero) is 1. The molecule has 2 amide bonds. The summed E-state index contributed by atoms with van der Waals surface area (Å²) in [6.07, 6.45) is -15.2. The zero-order chi connectivity index (χ0) is 31.5. The van der Waals surface area contributed by atoms with Gasteiger partial charge in [0.25, 0.3) is 5.91 Å². The van der Waals surface area contributed by atoms with E-state index in [0.29, 0.717) is 18.2 Å². The zero-order valence-electron chi connectivity index (χ0n) is 20.9. The van der Waals surface area contributed by atoms with E-state index in [4.69, 9.17) is 11.6 Å². The minimum Gasteiger partial charge on any atom is -0.345 e. The molecule has 0 aliphatic carbocycles. The van der Waals surface area contributed by atoms with Crippen LogP contribution in [-0.2, 0) is 11.0 Å². The number of carbonyl (C=O) groups excluding carboxylic acids is 3. The summed E-state index contributed by atoms with van der Waals surface area (Å²) in [5, 5.41) is 3.39. The highest BCUT2D eigenvalue weighted by molar-refractivity contribution is 6.30. The van der Waals surface area contributed by atoms with Crippen LogP contribution in [0.3, 0.4) is 0 Å². The lowest BCUT2D eigenvalue weighted by Crippen LogP contribution is -2.40. The number of rotatable bonds is 8. The van der Waals surface area contributed by atoms with E-state index in [-0.39, 0.29) is 28.0 Å². The van der Waals surface area contributed by atoms with Gasteiger partial charge in [0.2, 0.25) is 5.91 Å². The van der Waals surface area contributed by atoms with Gasteiger partial charge in [0.1, 0.15) is 6.54 Å². The summed E-state index contributed by atoms with van der Waals surface area (Å²) < 4.78 is 118. The van der Waals surface area contributed by atoms with E-state index in [1.54, 1.807) is 5.32 Å². The highest BCUT2D eigenvalue weighted by atomic mass is 35.5. The van der Waals surface area contributed by atoms with Crippen LogP contribution >= 0.6 is 11.6 Å². The van der Waals surface area contributed by atoms with E-state index in [0.717, 1.165) is 12.1 Å².